The highest BCUT2D eigenvalue weighted by molar-refractivity contribution is 9.10. The molecule has 2 rings (SSSR count). The Kier molecular flexibility index (Phi) is 4.32. The van der Waals surface area contributed by atoms with Crippen molar-refractivity contribution in [1.82, 2.24) is 4.98 Å². The molecule has 1 heterocycles. The molecule has 0 aliphatic rings. The Morgan fingerprint density at radius 1 is 1.19 bits per heavy atom. The van der Waals surface area contributed by atoms with E-state index in [-0.39, 0.29) is 21.8 Å². The quantitative estimate of drug-likeness (QED) is 0.641. The molecule has 9 heteroatoms. The summed E-state index contributed by atoms with van der Waals surface area (Å²) < 4.78 is 27.7. The maximum Gasteiger partial charge on any atom is 0.276 e. The number of benzene rings is 1. The summed E-state index contributed by atoms with van der Waals surface area (Å²) in [5.41, 5.74) is -0.692. The molecule has 21 heavy (non-hydrogen) atoms. The number of hydrogen-bond acceptors (Lipinski definition) is 5. The van der Waals surface area contributed by atoms with Gasteiger partial charge in [-0.15, -0.1) is 0 Å². The van der Waals surface area contributed by atoms with Crippen molar-refractivity contribution in [2.24, 2.45) is 0 Å². The highest BCUT2D eigenvalue weighted by atomic mass is 79.9. The van der Waals surface area contributed by atoms with Crippen molar-refractivity contribution in [2.75, 3.05) is 17.7 Å². The molecular formula is C12H9BrF2N4O2. The number of nitrogens with one attached hydrogen (secondary N) is 2. The molecule has 1 aromatic heterocycles. The molecule has 1 aromatic carbocycles. The van der Waals surface area contributed by atoms with Crippen molar-refractivity contribution in [3.63, 3.8) is 0 Å². The lowest BCUT2D eigenvalue weighted by Gasteiger charge is -2.10. The predicted molar refractivity (Wildman–Crippen MR) is 77.8 cm³/mol. The molecule has 0 fully saturated rings. The summed E-state index contributed by atoms with van der Waals surface area (Å²) in [6.07, 6.45) is 0. The van der Waals surface area contributed by atoms with Crippen molar-refractivity contribution in [3.8, 4) is 0 Å². The fourth-order valence-corrected chi connectivity index (χ4v) is 2.01. The van der Waals surface area contributed by atoms with Gasteiger partial charge in [0.2, 0.25) is 0 Å². The lowest BCUT2D eigenvalue weighted by molar-refractivity contribution is -0.384. The molecule has 2 aromatic rings. The molecule has 0 aliphatic carbocycles. The number of nitro groups is 1. The van der Waals surface area contributed by atoms with Crippen LogP contribution in [0.3, 0.4) is 0 Å². The Morgan fingerprint density at radius 3 is 2.29 bits per heavy atom. The molecule has 6 nitrogen and oxygen atoms in total. The molecule has 0 saturated heterocycles. The van der Waals surface area contributed by atoms with E-state index in [1.54, 1.807) is 0 Å². The average molecular weight is 359 g/mol. The first-order valence-corrected chi connectivity index (χ1v) is 6.46. The zero-order valence-corrected chi connectivity index (χ0v) is 12.2. The van der Waals surface area contributed by atoms with Gasteiger partial charge in [0.15, 0.2) is 11.6 Å². The van der Waals surface area contributed by atoms with Gasteiger partial charge in [0, 0.05) is 11.5 Å². The first kappa shape index (κ1) is 15.1. The van der Waals surface area contributed by atoms with Crippen LogP contribution in [-0.4, -0.2) is 17.0 Å². The topological polar surface area (TPSA) is 80.1 Å². The number of anilines is 3. The Labute approximate surface area is 126 Å². The minimum Gasteiger partial charge on any atom is -0.373 e. The fourth-order valence-electron chi connectivity index (χ4n) is 1.60. The van der Waals surface area contributed by atoms with E-state index in [1.165, 1.54) is 13.1 Å². The van der Waals surface area contributed by atoms with Gasteiger partial charge in [-0.2, -0.15) is 0 Å². The number of rotatable bonds is 4. The van der Waals surface area contributed by atoms with Gasteiger partial charge in [0.05, 0.1) is 17.1 Å². The van der Waals surface area contributed by atoms with Gasteiger partial charge >= 0.3 is 0 Å². The lowest BCUT2D eigenvalue weighted by Crippen LogP contribution is -2.03. The molecule has 110 valence electrons. The number of nitrogens with zero attached hydrogens (tertiary/aromatic N) is 2. The Morgan fingerprint density at radius 2 is 1.76 bits per heavy atom. The van der Waals surface area contributed by atoms with Crippen molar-refractivity contribution in [1.29, 1.82) is 0 Å². The first-order chi connectivity index (χ1) is 9.90. The van der Waals surface area contributed by atoms with E-state index in [0.29, 0.717) is 0 Å². The summed E-state index contributed by atoms with van der Waals surface area (Å²) in [7, 11) is 1.52. The van der Waals surface area contributed by atoms with Crippen LogP contribution >= 0.6 is 15.9 Å². The largest absolute Gasteiger partial charge is 0.373 e. The van der Waals surface area contributed by atoms with Crippen LogP contribution in [0.4, 0.5) is 31.8 Å². The number of aromatic nitrogens is 1. The third-order valence-electron chi connectivity index (χ3n) is 2.54. The van der Waals surface area contributed by atoms with Crippen LogP contribution in [0, 0.1) is 21.7 Å². The molecule has 0 unspecified atom stereocenters. The molecule has 0 bridgehead atoms. The van der Waals surface area contributed by atoms with E-state index in [2.05, 4.69) is 31.5 Å². The van der Waals surface area contributed by atoms with E-state index >= 15 is 0 Å². The second-order valence-electron chi connectivity index (χ2n) is 3.97. The van der Waals surface area contributed by atoms with E-state index in [4.69, 9.17) is 0 Å². The SMILES string of the molecule is CNc1cc([N+](=O)[O-])cc(Nc2c(F)cc(Br)cc2F)n1. The highest BCUT2D eigenvalue weighted by Crippen LogP contribution is 2.28. The fraction of sp³-hybridized carbons (Fsp3) is 0.0833. The second kappa shape index (κ2) is 6.00. The van der Waals surface area contributed by atoms with Gasteiger partial charge in [0.1, 0.15) is 17.3 Å². The minimum atomic E-state index is -0.846. The standard InChI is InChI=1S/C12H9BrF2N4O2/c1-16-10-4-7(19(20)21)5-11(17-10)18-12-8(14)2-6(13)3-9(12)15/h2-5H,1H3,(H2,16,17,18). The van der Waals surface area contributed by atoms with Crippen LogP contribution in [0.1, 0.15) is 0 Å². The molecule has 0 amide bonds. The van der Waals surface area contributed by atoms with Gasteiger partial charge in [-0.05, 0) is 12.1 Å². The summed E-state index contributed by atoms with van der Waals surface area (Å²) in [6, 6.07) is 4.44. The molecule has 0 atom stereocenters. The predicted octanol–water partition coefficient (Wildman–Crippen LogP) is 3.82. The van der Waals surface area contributed by atoms with Crippen LogP contribution in [0.5, 0.6) is 0 Å². The van der Waals surface area contributed by atoms with Gasteiger partial charge < -0.3 is 10.6 Å². The van der Waals surface area contributed by atoms with E-state index in [0.717, 1.165) is 18.2 Å². The number of hydrogen-bond donors (Lipinski definition) is 2. The van der Waals surface area contributed by atoms with Crippen molar-refractivity contribution < 1.29 is 13.7 Å². The molecule has 0 saturated carbocycles. The summed E-state index contributed by atoms with van der Waals surface area (Å²) in [5.74, 6) is -1.54. The Bertz CT molecular complexity index is 689. The van der Waals surface area contributed by atoms with Crippen LogP contribution in [0.2, 0.25) is 0 Å². The maximum absolute atomic E-state index is 13.7. The van der Waals surface area contributed by atoms with Gasteiger partial charge in [-0.25, -0.2) is 13.8 Å². The van der Waals surface area contributed by atoms with Crippen molar-refractivity contribution in [3.05, 3.63) is 50.5 Å². The molecule has 0 aliphatic heterocycles. The minimum absolute atomic E-state index is 0.0475. The first-order valence-electron chi connectivity index (χ1n) is 5.66. The normalized spacial score (nSPS) is 10.3. The summed E-state index contributed by atoms with van der Waals surface area (Å²) in [6.45, 7) is 0. The summed E-state index contributed by atoms with van der Waals surface area (Å²) in [5, 5.41) is 15.9. The van der Waals surface area contributed by atoms with Gasteiger partial charge in [-0.3, -0.25) is 10.1 Å². The number of halogens is 3. The molecular weight excluding hydrogens is 350 g/mol. The van der Waals surface area contributed by atoms with Crippen molar-refractivity contribution in [2.45, 2.75) is 0 Å². The van der Waals surface area contributed by atoms with E-state index in [1.807, 2.05) is 0 Å². The van der Waals surface area contributed by atoms with Crippen molar-refractivity contribution >= 4 is 38.9 Å². The van der Waals surface area contributed by atoms with Crippen LogP contribution in [0.25, 0.3) is 0 Å². The molecule has 2 N–H and O–H groups in total. The van der Waals surface area contributed by atoms with Crippen LogP contribution < -0.4 is 10.6 Å². The number of pyridine rings is 1. The van der Waals surface area contributed by atoms with E-state index < -0.39 is 22.2 Å². The monoisotopic (exact) mass is 358 g/mol. The average Bonchev–Trinajstić information content (AvgIpc) is 2.42. The highest BCUT2D eigenvalue weighted by Gasteiger charge is 2.15. The third kappa shape index (κ3) is 3.43. The smallest absolute Gasteiger partial charge is 0.276 e. The van der Waals surface area contributed by atoms with Gasteiger partial charge in [0.25, 0.3) is 5.69 Å². The van der Waals surface area contributed by atoms with Crippen LogP contribution in [0.15, 0.2) is 28.7 Å². The second-order valence-corrected chi connectivity index (χ2v) is 4.89. The molecule has 0 radical (unpaired) electrons. The zero-order valence-electron chi connectivity index (χ0n) is 10.7. The summed E-state index contributed by atoms with van der Waals surface area (Å²) in [4.78, 5) is 14.2. The lowest BCUT2D eigenvalue weighted by atomic mass is 10.3. The van der Waals surface area contributed by atoms with E-state index in [9.17, 15) is 18.9 Å². The molecule has 0 spiro atoms. The Balaban J connectivity index is 2.44. The maximum atomic E-state index is 13.7. The third-order valence-corrected chi connectivity index (χ3v) is 2.99. The Hall–Kier alpha value is -2.29. The zero-order chi connectivity index (χ0) is 15.6. The summed E-state index contributed by atoms with van der Waals surface area (Å²) >= 11 is 2.96. The van der Waals surface area contributed by atoms with Crippen LogP contribution in [-0.2, 0) is 0 Å². The van der Waals surface area contributed by atoms with Gasteiger partial charge in [-0.1, -0.05) is 15.9 Å².